The molecule has 0 bridgehead atoms. The molecule has 2 N–H and O–H groups in total. The van der Waals surface area contributed by atoms with Crippen LogP contribution in [-0.2, 0) is 0 Å². The number of hydrogen-bond donors (Lipinski definition) is 2. The molecule has 3 atom stereocenters. The third-order valence-electron chi connectivity index (χ3n) is 4.32. The van der Waals surface area contributed by atoms with E-state index in [1.54, 1.807) is 0 Å². The number of aliphatic hydroxyl groups excluding tert-OH is 1. The normalized spacial score (nSPS) is 30.6. The number of fused-ring (bicyclic) bond motifs is 1. The van der Waals surface area contributed by atoms with Crippen LogP contribution in [0.1, 0.15) is 30.7 Å². The lowest BCUT2D eigenvalue weighted by molar-refractivity contribution is 0.205. The lowest BCUT2D eigenvalue weighted by atomic mass is 9.99. The topological polar surface area (TPSA) is 32.3 Å². The molecule has 0 aromatic heterocycles. The molecule has 1 heterocycles. The van der Waals surface area contributed by atoms with Gasteiger partial charge < -0.3 is 10.4 Å². The molecule has 18 heavy (non-hydrogen) atoms. The first kappa shape index (κ1) is 12.5. The summed E-state index contributed by atoms with van der Waals surface area (Å²) in [5.41, 5.74) is 1.51. The lowest BCUT2D eigenvalue weighted by Crippen LogP contribution is -2.36. The Kier molecular flexibility index (Phi) is 3.92. The van der Waals surface area contributed by atoms with E-state index >= 15 is 0 Å². The Labute approximate surface area is 113 Å². The van der Waals surface area contributed by atoms with Crippen LogP contribution in [0.3, 0.4) is 0 Å². The zero-order chi connectivity index (χ0) is 12.4. The number of aliphatic hydroxyl groups is 1. The fourth-order valence-electron chi connectivity index (χ4n) is 3.22. The second kappa shape index (κ2) is 5.64. The zero-order valence-electron chi connectivity index (χ0n) is 10.6. The molecule has 1 fully saturated rings. The van der Waals surface area contributed by atoms with Crippen molar-refractivity contribution in [2.75, 3.05) is 18.9 Å². The molecular weight excluding hydrogens is 242 g/mol. The predicted octanol–water partition coefficient (Wildman–Crippen LogP) is 2.63. The van der Waals surface area contributed by atoms with E-state index in [0.717, 1.165) is 6.54 Å². The van der Waals surface area contributed by atoms with Gasteiger partial charge in [0, 0.05) is 35.8 Å². The van der Waals surface area contributed by atoms with Gasteiger partial charge in [-0.05, 0) is 30.4 Å². The maximum atomic E-state index is 9.34. The second-order valence-corrected chi connectivity index (χ2v) is 6.50. The van der Waals surface area contributed by atoms with Gasteiger partial charge in [-0.15, -0.1) is 11.8 Å². The fourth-order valence-corrected chi connectivity index (χ4v) is 4.47. The van der Waals surface area contributed by atoms with Crippen molar-refractivity contribution >= 4 is 11.8 Å². The molecule has 0 spiro atoms. The first-order valence-corrected chi connectivity index (χ1v) is 7.93. The monoisotopic (exact) mass is 263 g/mol. The Balaban J connectivity index is 1.58. The van der Waals surface area contributed by atoms with Gasteiger partial charge in [0.25, 0.3) is 0 Å². The molecule has 3 heteroatoms. The number of rotatable bonds is 4. The van der Waals surface area contributed by atoms with E-state index in [4.69, 9.17) is 0 Å². The van der Waals surface area contributed by atoms with E-state index in [1.807, 2.05) is 11.8 Å². The Bertz CT molecular complexity index is 409. The van der Waals surface area contributed by atoms with Crippen LogP contribution in [0.5, 0.6) is 0 Å². The van der Waals surface area contributed by atoms with Gasteiger partial charge in [-0.3, -0.25) is 0 Å². The summed E-state index contributed by atoms with van der Waals surface area (Å²) in [4.78, 5) is 1.45. The molecule has 0 amide bonds. The predicted molar refractivity (Wildman–Crippen MR) is 76.1 cm³/mol. The summed E-state index contributed by atoms with van der Waals surface area (Å²) < 4.78 is 0. The highest BCUT2D eigenvalue weighted by atomic mass is 32.2. The van der Waals surface area contributed by atoms with Crippen molar-refractivity contribution in [1.82, 2.24) is 5.32 Å². The third kappa shape index (κ3) is 2.44. The van der Waals surface area contributed by atoms with Crippen LogP contribution >= 0.6 is 11.8 Å². The fraction of sp³-hybridized carbons (Fsp3) is 0.600. The highest BCUT2D eigenvalue weighted by Crippen LogP contribution is 2.39. The Morgan fingerprint density at radius 2 is 2.17 bits per heavy atom. The molecule has 0 radical (unpaired) electrons. The maximum absolute atomic E-state index is 9.34. The summed E-state index contributed by atoms with van der Waals surface area (Å²) in [5.74, 6) is 2.32. The average molecular weight is 263 g/mol. The SMILES string of the molecule is OCC1CCCC1NCC1CSc2ccccc21. The van der Waals surface area contributed by atoms with E-state index < -0.39 is 0 Å². The minimum atomic E-state index is 0.341. The smallest absolute Gasteiger partial charge is 0.0474 e. The summed E-state index contributed by atoms with van der Waals surface area (Å²) in [6.07, 6.45) is 3.68. The maximum Gasteiger partial charge on any atom is 0.0474 e. The van der Waals surface area contributed by atoms with E-state index in [2.05, 4.69) is 29.6 Å². The van der Waals surface area contributed by atoms with Crippen LogP contribution in [0.25, 0.3) is 0 Å². The number of thioether (sulfide) groups is 1. The Morgan fingerprint density at radius 1 is 1.28 bits per heavy atom. The average Bonchev–Trinajstić information content (AvgIpc) is 3.02. The standard InChI is InChI=1S/C15H21NOS/c17-9-11-4-3-6-14(11)16-8-12-10-18-15-7-2-1-5-13(12)15/h1-2,5,7,11-12,14,16-17H,3-4,6,8-10H2. The lowest BCUT2D eigenvalue weighted by Gasteiger charge is -2.21. The van der Waals surface area contributed by atoms with E-state index in [-0.39, 0.29) is 0 Å². The highest BCUT2D eigenvalue weighted by Gasteiger charge is 2.28. The molecular formula is C15H21NOS. The van der Waals surface area contributed by atoms with Crippen LogP contribution in [0.15, 0.2) is 29.2 Å². The van der Waals surface area contributed by atoms with Crippen LogP contribution in [0.4, 0.5) is 0 Å². The molecule has 1 aromatic carbocycles. The minimum Gasteiger partial charge on any atom is -0.396 e. The van der Waals surface area contributed by atoms with Crippen LogP contribution in [-0.4, -0.2) is 30.1 Å². The van der Waals surface area contributed by atoms with Gasteiger partial charge in [0.05, 0.1) is 0 Å². The molecule has 3 unspecified atom stereocenters. The first-order valence-electron chi connectivity index (χ1n) is 6.94. The molecule has 1 saturated carbocycles. The Morgan fingerprint density at radius 3 is 3.06 bits per heavy atom. The number of hydrogen-bond acceptors (Lipinski definition) is 3. The van der Waals surface area contributed by atoms with Crippen molar-refractivity contribution in [2.24, 2.45) is 5.92 Å². The number of benzene rings is 1. The van der Waals surface area contributed by atoms with Gasteiger partial charge in [-0.25, -0.2) is 0 Å². The van der Waals surface area contributed by atoms with Crippen LogP contribution in [0.2, 0.25) is 0 Å². The van der Waals surface area contributed by atoms with Gasteiger partial charge >= 0.3 is 0 Å². The summed E-state index contributed by atoms with van der Waals surface area (Å²) in [6.45, 7) is 1.40. The molecule has 1 aromatic rings. The molecule has 1 aliphatic heterocycles. The van der Waals surface area contributed by atoms with E-state index in [0.29, 0.717) is 24.5 Å². The van der Waals surface area contributed by atoms with E-state index in [1.165, 1.54) is 35.5 Å². The van der Waals surface area contributed by atoms with Gasteiger partial charge in [-0.1, -0.05) is 24.6 Å². The summed E-state index contributed by atoms with van der Waals surface area (Å²) in [5, 5.41) is 13.0. The summed E-state index contributed by atoms with van der Waals surface area (Å²) in [6, 6.07) is 9.30. The van der Waals surface area contributed by atoms with Crippen molar-refractivity contribution in [3.63, 3.8) is 0 Å². The second-order valence-electron chi connectivity index (χ2n) is 5.43. The van der Waals surface area contributed by atoms with Crippen molar-refractivity contribution in [2.45, 2.75) is 36.1 Å². The molecule has 0 saturated heterocycles. The third-order valence-corrected chi connectivity index (χ3v) is 5.57. The molecule has 1 aliphatic carbocycles. The van der Waals surface area contributed by atoms with Gasteiger partial charge in [0.2, 0.25) is 0 Å². The first-order chi connectivity index (χ1) is 8.88. The molecule has 98 valence electrons. The summed E-state index contributed by atoms with van der Waals surface area (Å²) >= 11 is 1.98. The molecule has 2 aliphatic rings. The van der Waals surface area contributed by atoms with Gasteiger partial charge in [0.15, 0.2) is 0 Å². The van der Waals surface area contributed by atoms with Crippen LogP contribution in [0, 0.1) is 5.92 Å². The molecule has 2 nitrogen and oxygen atoms in total. The van der Waals surface area contributed by atoms with Gasteiger partial charge in [0.1, 0.15) is 0 Å². The largest absolute Gasteiger partial charge is 0.396 e. The highest BCUT2D eigenvalue weighted by molar-refractivity contribution is 7.99. The van der Waals surface area contributed by atoms with Gasteiger partial charge in [-0.2, -0.15) is 0 Å². The minimum absolute atomic E-state index is 0.341. The van der Waals surface area contributed by atoms with Crippen molar-refractivity contribution in [1.29, 1.82) is 0 Å². The summed E-state index contributed by atoms with van der Waals surface area (Å²) in [7, 11) is 0. The van der Waals surface area contributed by atoms with Crippen molar-refractivity contribution in [3.8, 4) is 0 Å². The zero-order valence-corrected chi connectivity index (χ0v) is 11.5. The number of nitrogens with one attached hydrogen (secondary N) is 1. The quantitative estimate of drug-likeness (QED) is 0.876. The van der Waals surface area contributed by atoms with Crippen LogP contribution < -0.4 is 5.32 Å². The van der Waals surface area contributed by atoms with Crippen molar-refractivity contribution < 1.29 is 5.11 Å². The van der Waals surface area contributed by atoms with Crippen molar-refractivity contribution in [3.05, 3.63) is 29.8 Å². The Hall–Kier alpha value is -0.510. The molecule has 3 rings (SSSR count). The van der Waals surface area contributed by atoms with E-state index in [9.17, 15) is 5.11 Å².